The van der Waals surface area contributed by atoms with E-state index in [2.05, 4.69) is 29.2 Å². The van der Waals surface area contributed by atoms with E-state index in [0.717, 1.165) is 12.0 Å². The SMILES string of the molecule is CN(C)C1CCCN(CCCC2CCCNC2)C1. The van der Waals surface area contributed by atoms with Crippen LogP contribution in [0.4, 0.5) is 0 Å². The van der Waals surface area contributed by atoms with Crippen LogP contribution in [0.5, 0.6) is 0 Å². The van der Waals surface area contributed by atoms with Gasteiger partial charge in [-0.1, -0.05) is 0 Å². The monoisotopic (exact) mass is 253 g/mol. The van der Waals surface area contributed by atoms with E-state index in [1.807, 2.05) is 0 Å². The molecule has 2 aliphatic heterocycles. The normalized spacial score (nSPS) is 30.8. The molecule has 0 amide bonds. The van der Waals surface area contributed by atoms with E-state index in [1.54, 1.807) is 0 Å². The van der Waals surface area contributed by atoms with E-state index in [1.165, 1.54) is 71.2 Å². The minimum atomic E-state index is 0.787. The largest absolute Gasteiger partial charge is 0.316 e. The van der Waals surface area contributed by atoms with E-state index in [4.69, 9.17) is 0 Å². The topological polar surface area (TPSA) is 18.5 Å². The summed E-state index contributed by atoms with van der Waals surface area (Å²) in [6.45, 7) is 6.44. The summed E-state index contributed by atoms with van der Waals surface area (Å²) in [6.07, 6.45) is 8.43. The van der Waals surface area contributed by atoms with Gasteiger partial charge in [0.15, 0.2) is 0 Å². The van der Waals surface area contributed by atoms with E-state index in [9.17, 15) is 0 Å². The third-order valence-electron chi connectivity index (χ3n) is 4.70. The average molecular weight is 253 g/mol. The Morgan fingerprint density at radius 1 is 1.22 bits per heavy atom. The lowest BCUT2D eigenvalue weighted by molar-refractivity contribution is 0.129. The van der Waals surface area contributed by atoms with Gasteiger partial charge in [0.2, 0.25) is 0 Å². The highest BCUT2D eigenvalue weighted by atomic mass is 15.2. The Kier molecular flexibility index (Phi) is 5.93. The van der Waals surface area contributed by atoms with Gasteiger partial charge in [0, 0.05) is 12.6 Å². The first kappa shape index (κ1) is 14.3. The van der Waals surface area contributed by atoms with Crippen molar-refractivity contribution < 1.29 is 0 Å². The van der Waals surface area contributed by atoms with Gasteiger partial charge in [0.1, 0.15) is 0 Å². The van der Waals surface area contributed by atoms with Crippen LogP contribution in [-0.4, -0.2) is 62.7 Å². The van der Waals surface area contributed by atoms with Crippen molar-refractivity contribution in [3.8, 4) is 0 Å². The summed E-state index contributed by atoms with van der Waals surface area (Å²) in [4.78, 5) is 5.08. The Morgan fingerprint density at radius 3 is 2.83 bits per heavy atom. The second-order valence-electron chi connectivity index (χ2n) is 6.41. The van der Waals surface area contributed by atoms with Gasteiger partial charge >= 0.3 is 0 Å². The number of likely N-dealkylation sites (N-methyl/N-ethyl adjacent to an activating group) is 1. The van der Waals surface area contributed by atoms with Crippen molar-refractivity contribution in [2.45, 2.75) is 44.6 Å². The lowest BCUT2D eigenvalue weighted by Gasteiger charge is -2.36. The van der Waals surface area contributed by atoms with Crippen molar-refractivity contribution >= 4 is 0 Å². The number of nitrogens with one attached hydrogen (secondary N) is 1. The van der Waals surface area contributed by atoms with Gasteiger partial charge in [-0.15, -0.1) is 0 Å². The predicted octanol–water partition coefficient (Wildman–Crippen LogP) is 1.79. The summed E-state index contributed by atoms with van der Waals surface area (Å²) in [7, 11) is 4.45. The standard InChI is InChI=1S/C15H31N3/c1-17(2)15-8-5-11-18(13-15)10-4-7-14-6-3-9-16-12-14/h14-16H,3-13H2,1-2H3. The molecule has 2 atom stereocenters. The molecule has 0 aromatic rings. The first-order valence-electron chi connectivity index (χ1n) is 7.85. The summed E-state index contributed by atoms with van der Waals surface area (Å²) in [5.74, 6) is 0.952. The molecule has 2 fully saturated rings. The Labute approximate surface area is 113 Å². The molecule has 2 saturated heterocycles. The third-order valence-corrected chi connectivity index (χ3v) is 4.70. The molecule has 0 aromatic carbocycles. The quantitative estimate of drug-likeness (QED) is 0.806. The summed E-state index contributed by atoms with van der Waals surface area (Å²) in [5.41, 5.74) is 0. The Balaban J connectivity index is 1.60. The number of piperidine rings is 2. The van der Waals surface area contributed by atoms with Crippen LogP contribution in [0.2, 0.25) is 0 Å². The first-order valence-corrected chi connectivity index (χ1v) is 7.85. The van der Waals surface area contributed by atoms with E-state index in [0.29, 0.717) is 0 Å². The predicted molar refractivity (Wildman–Crippen MR) is 78.0 cm³/mol. The fourth-order valence-electron chi connectivity index (χ4n) is 3.43. The number of hydrogen-bond acceptors (Lipinski definition) is 3. The number of likely N-dealkylation sites (tertiary alicyclic amines) is 1. The highest BCUT2D eigenvalue weighted by Crippen LogP contribution is 2.18. The van der Waals surface area contributed by atoms with Gasteiger partial charge in [-0.25, -0.2) is 0 Å². The van der Waals surface area contributed by atoms with Crippen molar-refractivity contribution in [1.82, 2.24) is 15.1 Å². The Bertz CT molecular complexity index is 224. The lowest BCUT2D eigenvalue weighted by Crippen LogP contribution is -2.45. The fraction of sp³-hybridized carbons (Fsp3) is 1.00. The van der Waals surface area contributed by atoms with Gasteiger partial charge in [0.25, 0.3) is 0 Å². The summed E-state index contributed by atoms with van der Waals surface area (Å²) < 4.78 is 0. The van der Waals surface area contributed by atoms with Crippen LogP contribution in [0.15, 0.2) is 0 Å². The van der Waals surface area contributed by atoms with Gasteiger partial charge < -0.3 is 15.1 Å². The van der Waals surface area contributed by atoms with Crippen LogP contribution >= 0.6 is 0 Å². The molecule has 2 unspecified atom stereocenters. The van der Waals surface area contributed by atoms with Gasteiger partial charge in [-0.05, 0) is 84.7 Å². The first-order chi connectivity index (χ1) is 8.75. The second kappa shape index (κ2) is 7.46. The smallest absolute Gasteiger partial charge is 0.0217 e. The Hall–Kier alpha value is -0.120. The highest BCUT2D eigenvalue weighted by Gasteiger charge is 2.21. The molecular formula is C15H31N3. The van der Waals surface area contributed by atoms with Crippen LogP contribution in [0.25, 0.3) is 0 Å². The van der Waals surface area contributed by atoms with Crippen LogP contribution in [0.1, 0.15) is 38.5 Å². The van der Waals surface area contributed by atoms with Crippen molar-refractivity contribution in [3.05, 3.63) is 0 Å². The average Bonchev–Trinajstić information content (AvgIpc) is 2.40. The molecule has 0 spiro atoms. The van der Waals surface area contributed by atoms with E-state index >= 15 is 0 Å². The van der Waals surface area contributed by atoms with Crippen LogP contribution < -0.4 is 5.32 Å². The zero-order valence-corrected chi connectivity index (χ0v) is 12.3. The molecule has 2 rings (SSSR count). The lowest BCUT2D eigenvalue weighted by atomic mass is 9.94. The Morgan fingerprint density at radius 2 is 2.11 bits per heavy atom. The maximum atomic E-state index is 3.52. The molecule has 0 radical (unpaired) electrons. The van der Waals surface area contributed by atoms with Crippen LogP contribution in [0, 0.1) is 5.92 Å². The van der Waals surface area contributed by atoms with Gasteiger partial charge in [0.05, 0.1) is 0 Å². The molecule has 2 aliphatic rings. The molecule has 106 valence electrons. The molecular weight excluding hydrogens is 222 g/mol. The summed E-state index contributed by atoms with van der Waals surface area (Å²) >= 11 is 0. The van der Waals surface area contributed by atoms with Crippen molar-refractivity contribution in [2.75, 3.05) is 46.8 Å². The van der Waals surface area contributed by atoms with Gasteiger partial charge in [-0.3, -0.25) is 0 Å². The molecule has 0 bridgehead atoms. The number of rotatable bonds is 5. The van der Waals surface area contributed by atoms with E-state index < -0.39 is 0 Å². The van der Waals surface area contributed by atoms with Crippen molar-refractivity contribution in [2.24, 2.45) is 5.92 Å². The van der Waals surface area contributed by atoms with Crippen LogP contribution in [-0.2, 0) is 0 Å². The zero-order valence-electron chi connectivity index (χ0n) is 12.3. The molecule has 0 saturated carbocycles. The van der Waals surface area contributed by atoms with Gasteiger partial charge in [-0.2, -0.15) is 0 Å². The maximum absolute atomic E-state index is 3.52. The minimum absolute atomic E-state index is 0.787. The summed E-state index contributed by atoms with van der Waals surface area (Å²) in [5, 5.41) is 3.52. The number of nitrogens with zero attached hydrogens (tertiary/aromatic N) is 2. The molecule has 0 aliphatic carbocycles. The van der Waals surface area contributed by atoms with Crippen molar-refractivity contribution in [1.29, 1.82) is 0 Å². The molecule has 0 aromatic heterocycles. The molecule has 2 heterocycles. The fourth-order valence-corrected chi connectivity index (χ4v) is 3.43. The minimum Gasteiger partial charge on any atom is -0.316 e. The van der Waals surface area contributed by atoms with E-state index in [-0.39, 0.29) is 0 Å². The summed E-state index contributed by atoms with van der Waals surface area (Å²) in [6, 6.07) is 0.787. The molecule has 3 heteroatoms. The maximum Gasteiger partial charge on any atom is 0.0217 e. The van der Waals surface area contributed by atoms with Crippen molar-refractivity contribution in [3.63, 3.8) is 0 Å². The highest BCUT2D eigenvalue weighted by molar-refractivity contribution is 4.78. The van der Waals surface area contributed by atoms with Crippen LogP contribution in [0.3, 0.4) is 0 Å². The molecule has 1 N–H and O–H groups in total. The molecule has 18 heavy (non-hydrogen) atoms. The second-order valence-corrected chi connectivity index (χ2v) is 6.41. The third kappa shape index (κ3) is 4.52. The zero-order chi connectivity index (χ0) is 12.8. The number of hydrogen-bond donors (Lipinski definition) is 1. The molecule has 3 nitrogen and oxygen atoms in total.